The maximum absolute atomic E-state index is 12.4. The highest BCUT2D eigenvalue weighted by Crippen LogP contribution is 2.19. The van der Waals surface area contributed by atoms with E-state index in [0.717, 1.165) is 35.9 Å². The van der Waals surface area contributed by atoms with Crippen molar-refractivity contribution in [2.75, 3.05) is 31.1 Å². The second kappa shape index (κ2) is 6.45. The first-order chi connectivity index (χ1) is 11.1. The van der Waals surface area contributed by atoms with Gasteiger partial charge in [0.2, 0.25) is 0 Å². The van der Waals surface area contributed by atoms with Crippen LogP contribution in [-0.4, -0.2) is 52.4 Å². The molecule has 1 amide bonds. The molecule has 2 heterocycles. The zero-order valence-corrected chi connectivity index (χ0v) is 14.0. The standard InChI is InChI=1S/C16H18N4O2S/c1-11-15(23-18-17-11)16(22)20-9-7-19(8-10-20)14-5-3-13(4-6-14)12(2)21/h3-6H,7-10H2,1-2H3. The summed E-state index contributed by atoms with van der Waals surface area (Å²) >= 11 is 1.15. The van der Waals surface area contributed by atoms with Gasteiger partial charge < -0.3 is 9.80 Å². The van der Waals surface area contributed by atoms with Crippen molar-refractivity contribution in [3.05, 3.63) is 40.4 Å². The number of piperazine rings is 1. The van der Waals surface area contributed by atoms with Crippen molar-refractivity contribution in [2.45, 2.75) is 13.8 Å². The highest BCUT2D eigenvalue weighted by atomic mass is 32.1. The van der Waals surface area contributed by atoms with Gasteiger partial charge in [0.05, 0.1) is 5.69 Å². The molecule has 0 N–H and O–H groups in total. The summed E-state index contributed by atoms with van der Waals surface area (Å²) in [5.74, 6) is 0.0876. The molecule has 1 fully saturated rings. The number of anilines is 1. The van der Waals surface area contributed by atoms with Gasteiger partial charge in [-0.2, -0.15) is 0 Å². The molecule has 0 bridgehead atoms. The van der Waals surface area contributed by atoms with Gasteiger partial charge in [-0.1, -0.05) is 4.49 Å². The average molecular weight is 330 g/mol. The van der Waals surface area contributed by atoms with E-state index >= 15 is 0 Å². The molecule has 0 aliphatic carbocycles. The van der Waals surface area contributed by atoms with Crippen molar-refractivity contribution >= 4 is 28.9 Å². The maximum atomic E-state index is 12.4. The molecule has 2 aromatic rings. The monoisotopic (exact) mass is 330 g/mol. The Morgan fingerprint density at radius 1 is 1.09 bits per heavy atom. The largest absolute Gasteiger partial charge is 0.368 e. The third kappa shape index (κ3) is 3.24. The number of Topliss-reactive ketones (excluding diaryl/α,β-unsaturated/α-hetero) is 1. The van der Waals surface area contributed by atoms with Crippen LogP contribution in [0.5, 0.6) is 0 Å². The molecule has 120 valence electrons. The number of carbonyl (C=O) groups is 2. The molecular weight excluding hydrogens is 312 g/mol. The highest BCUT2D eigenvalue weighted by Gasteiger charge is 2.25. The second-order valence-corrected chi connectivity index (χ2v) is 6.32. The molecule has 7 heteroatoms. The van der Waals surface area contributed by atoms with Gasteiger partial charge in [0.25, 0.3) is 5.91 Å². The highest BCUT2D eigenvalue weighted by molar-refractivity contribution is 7.07. The Balaban J connectivity index is 1.63. The number of benzene rings is 1. The number of ketones is 1. The van der Waals surface area contributed by atoms with Crippen LogP contribution in [0.2, 0.25) is 0 Å². The third-order valence-electron chi connectivity index (χ3n) is 4.05. The minimum Gasteiger partial charge on any atom is -0.368 e. The molecule has 1 saturated heterocycles. The van der Waals surface area contributed by atoms with Crippen molar-refractivity contribution in [3.63, 3.8) is 0 Å². The zero-order valence-electron chi connectivity index (χ0n) is 13.2. The molecule has 0 radical (unpaired) electrons. The molecule has 0 atom stereocenters. The van der Waals surface area contributed by atoms with Crippen molar-refractivity contribution < 1.29 is 9.59 Å². The summed E-state index contributed by atoms with van der Waals surface area (Å²) in [7, 11) is 0. The third-order valence-corrected chi connectivity index (χ3v) is 4.87. The van der Waals surface area contributed by atoms with Crippen molar-refractivity contribution in [2.24, 2.45) is 0 Å². The molecule has 1 aliphatic heterocycles. The number of aromatic nitrogens is 2. The van der Waals surface area contributed by atoms with Crippen LogP contribution < -0.4 is 4.90 Å². The zero-order chi connectivity index (χ0) is 16.4. The summed E-state index contributed by atoms with van der Waals surface area (Å²) in [6.07, 6.45) is 0. The van der Waals surface area contributed by atoms with Gasteiger partial charge >= 0.3 is 0 Å². The van der Waals surface area contributed by atoms with E-state index in [9.17, 15) is 9.59 Å². The topological polar surface area (TPSA) is 66.4 Å². The summed E-state index contributed by atoms with van der Waals surface area (Å²) in [5.41, 5.74) is 2.50. The van der Waals surface area contributed by atoms with E-state index in [-0.39, 0.29) is 11.7 Å². The van der Waals surface area contributed by atoms with Gasteiger partial charge in [-0.25, -0.2) is 0 Å². The van der Waals surface area contributed by atoms with E-state index in [1.54, 1.807) is 6.92 Å². The molecule has 23 heavy (non-hydrogen) atoms. The van der Waals surface area contributed by atoms with Gasteiger partial charge in [0, 0.05) is 37.4 Å². The van der Waals surface area contributed by atoms with Crippen LogP contribution in [0.15, 0.2) is 24.3 Å². The Labute approximate surface area is 138 Å². The van der Waals surface area contributed by atoms with Crippen molar-refractivity contribution in [1.29, 1.82) is 0 Å². The molecule has 1 aliphatic rings. The quantitative estimate of drug-likeness (QED) is 0.806. The van der Waals surface area contributed by atoms with Crippen LogP contribution in [0, 0.1) is 6.92 Å². The van der Waals surface area contributed by atoms with Crippen LogP contribution in [0.1, 0.15) is 32.6 Å². The lowest BCUT2D eigenvalue weighted by Gasteiger charge is -2.36. The Morgan fingerprint density at radius 2 is 1.74 bits per heavy atom. The number of amides is 1. The van der Waals surface area contributed by atoms with Gasteiger partial charge in [-0.05, 0) is 49.6 Å². The van der Waals surface area contributed by atoms with E-state index in [2.05, 4.69) is 14.5 Å². The molecule has 0 spiro atoms. The molecular formula is C16H18N4O2S. The number of nitrogens with zero attached hydrogens (tertiary/aromatic N) is 4. The van der Waals surface area contributed by atoms with Crippen LogP contribution in [-0.2, 0) is 0 Å². The van der Waals surface area contributed by atoms with Gasteiger partial charge in [-0.3, -0.25) is 9.59 Å². The number of hydrogen-bond acceptors (Lipinski definition) is 6. The first kappa shape index (κ1) is 15.6. The SMILES string of the molecule is CC(=O)c1ccc(N2CCN(C(=O)c3snnc3C)CC2)cc1. The second-order valence-electron chi connectivity index (χ2n) is 5.57. The predicted molar refractivity (Wildman–Crippen MR) is 89.2 cm³/mol. The Bertz CT molecular complexity index is 718. The Hall–Kier alpha value is -2.28. The van der Waals surface area contributed by atoms with E-state index in [1.807, 2.05) is 36.1 Å². The number of aryl methyl sites for hydroxylation is 1. The lowest BCUT2D eigenvalue weighted by Crippen LogP contribution is -2.48. The fraction of sp³-hybridized carbons (Fsp3) is 0.375. The average Bonchev–Trinajstić information content (AvgIpc) is 3.00. The van der Waals surface area contributed by atoms with Crippen LogP contribution in [0.3, 0.4) is 0 Å². The van der Waals surface area contributed by atoms with Gasteiger partial charge in [-0.15, -0.1) is 5.10 Å². The smallest absolute Gasteiger partial charge is 0.267 e. The lowest BCUT2D eigenvalue weighted by molar-refractivity contribution is 0.0750. The van der Waals surface area contributed by atoms with E-state index in [1.165, 1.54) is 0 Å². The molecule has 3 rings (SSSR count). The maximum Gasteiger partial charge on any atom is 0.267 e. The minimum absolute atomic E-state index is 0.0177. The molecule has 0 unspecified atom stereocenters. The Kier molecular flexibility index (Phi) is 4.38. The fourth-order valence-electron chi connectivity index (χ4n) is 2.65. The van der Waals surface area contributed by atoms with E-state index in [4.69, 9.17) is 0 Å². The van der Waals surface area contributed by atoms with Crippen LogP contribution >= 0.6 is 11.5 Å². The van der Waals surface area contributed by atoms with Gasteiger partial charge in [0.1, 0.15) is 4.88 Å². The summed E-state index contributed by atoms with van der Waals surface area (Å²) in [4.78, 5) is 28.5. The first-order valence-electron chi connectivity index (χ1n) is 7.50. The summed E-state index contributed by atoms with van der Waals surface area (Å²) in [5, 5.41) is 3.90. The van der Waals surface area contributed by atoms with Crippen molar-refractivity contribution in [1.82, 2.24) is 14.5 Å². The fourth-order valence-corrected chi connectivity index (χ4v) is 3.27. The first-order valence-corrected chi connectivity index (χ1v) is 8.28. The molecule has 1 aromatic heterocycles. The summed E-state index contributed by atoms with van der Waals surface area (Å²) in [6, 6.07) is 7.63. The minimum atomic E-state index is 0.0177. The predicted octanol–water partition coefficient (Wildman–Crippen LogP) is 2.01. The van der Waals surface area contributed by atoms with Crippen molar-refractivity contribution in [3.8, 4) is 0 Å². The number of rotatable bonds is 3. The number of hydrogen-bond donors (Lipinski definition) is 0. The van der Waals surface area contributed by atoms with Gasteiger partial charge in [0.15, 0.2) is 5.78 Å². The summed E-state index contributed by atoms with van der Waals surface area (Å²) < 4.78 is 3.83. The van der Waals surface area contributed by atoms with Crippen LogP contribution in [0.25, 0.3) is 0 Å². The molecule has 1 aromatic carbocycles. The van der Waals surface area contributed by atoms with E-state index in [0.29, 0.717) is 23.7 Å². The Morgan fingerprint density at radius 3 is 2.26 bits per heavy atom. The van der Waals surface area contributed by atoms with E-state index < -0.39 is 0 Å². The van der Waals surface area contributed by atoms with Crippen LogP contribution in [0.4, 0.5) is 5.69 Å². The molecule has 6 nitrogen and oxygen atoms in total. The molecule has 0 saturated carbocycles. The number of carbonyl (C=O) groups excluding carboxylic acids is 2. The summed E-state index contributed by atoms with van der Waals surface area (Å²) in [6.45, 7) is 6.27. The normalized spacial score (nSPS) is 14.9. The lowest BCUT2D eigenvalue weighted by atomic mass is 10.1.